The van der Waals surface area contributed by atoms with E-state index in [0.29, 0.717) is 0 Å². The Hall–Kier alpha value is -0.570. The monoisotopic (exact) mass is 184 g/mol. The molecule has 1 rings (SSSR count). The largest absolute Gasteiger partial charge is 0.228 e. The number of aromatic nitrogens is 2. The van der Waals surface area contributed by atoms with Gasteiger partial charge in [-0.3, -0.25) is 0 Å². The van der Waals surface area contributed by atoms with Gasteiger partial charge in [0, 0.05) is 11.4 Å². The Labute approximate surface area is 78.8 Å². The van der Waals surface area contributed by atoms with Crippen molar-refractivity contribution in [3.05, 3.63) is 17.5 Å². The van der Waals surface area contributed by atoms with Crippen molar-refractivity contribution in [3.8, 4) is 0 Å². The number of hydrogen-bond acceptors (Lipinski definition) is 3. The average Bonchev–Trinajstić information content (AvgIpc) is 2.06. The third-order valence-corrected chi connectivity index (χ3v) is 1.69. The molecule has 0 aliphatic carbocycles. The van der Waals surface area contributed by atoms with Gasteiger partial charge in [0.05, 0.1) is 0 Å². The van der Waals surface area contributed by atoms with E-state index in [-0.39, 0.29) is 0 Å². The van der Waals surface area contributed by atoms with E-state index in [1.165, 1.54) is 0 Å². The maximum absolute atomic E-state index is 4.20. The molecule has 0 unspecified atom stereocenters. The molecule has 0 N–H and O–H groups in total. The molecule has 0 fully saturated rings. The molecule has 1 heterocycles. The molecular weight excluding hydrogens is 168 g/mol. The zero-order valence-corrected chi connectivity index (χ0v) is 9.20. The van der Waals surface area contributed by atoms with Crippen LogP contribution in [0.4, 0.5) is 0 Å². The maximum atomic E-state index is 4.20. The second-order valence-electron chi connectivity index (χ2n) is 2.14. The SMILES string of the molecule is CC.CSc1nc(C)cc(C)n1. The summed E-state index contributed by atoms with van der Waals surface area (Å²) < 4.78 is 0. The molecule has 0 aliphatic heterocycles. The summed E-state index contributed by atoms with van der Waals surface area (Å²) in [5.74, 6) is 0. The minimum atomic E-state index is 0.859. The molecule has 0 amide bonds. The van der Waals surface area contributed by atoms with Gasteiger partial charge in [-0.2, -0.15) is 0 Å². The fourth-order valence-electron chi connectivity index (χ4n) is 0.785. The number of thioether (sulfide) groups is 1. The zero-order valence-electron chi connectivity index (χ0n) is 8.38. The Morgan fingerprint density at radius 3 is 1.83 bits per heavy atom. The van der Waals surface area contributed by atoms with Gasteiger partial charge in [-0.15, -0.1) is 0 Å². The van der Waals surface area contributed by atoms with Crippen molar-refractivity contribution in [1.82, 2.24) is 9.97 Å². The summed E-state index contributed by atoms with van der Waals surface area (Å²) in [6, 6.07) is 1.97. The molecule has 0 radical (unpaired) electrons. The molecule has 2 nitrogen and oxygen atoms in total. The van der Waals surface area contributed by atoms with Crippen LogP contribution < -0.4 is 0 Å². The lowest BCUT2D eigenvalue weighted by atomic mass is 10.4. The summed E-state index contributed by atoms with van der Waals surface area (Å²) in [6.45, 7) is 7.96. The van der Waals surface area contributed by atoms with E-state index in [2.05, 4.69) is 9.97 Å². The summed E-state index contributed by atoms with van der Waals surface area (Å²) >= 11 is 1.57. The molecule has 0 bridgehead atoms. The summed E-state index contributed by atoms with van der Waals surface area (Å²) in [5.41, 5.74) is 2.08. The van der Waals surface area contributed by atoms with E-state index < -0.39 is 0 Å². The summed E-state index contributed by atoms with van der Waals surface area (Å²) in [7, 11) is 0. The lowest BCUT2D eigenvalue weighted by Gasteiger charge is -1.97. The third kappa shape index (κ3) is 3.72. The van der Waals surface area contributed by atoms with Gasteiger partial charge in [0.2, 0.25) is 0 Å². The first-order valence-electron chi connectivity index (χ1n) is 4.08. The lowest BCUT2D eigenvalue weighted by molar-refractivity contribution is 0.904. The van der Waals surface area contributed by atoms with Crippen LogP contribution in [0.2, 0.25) is 0 Å². The minimum Gasteiger partial charge on any atom is -0.228 e. The van der Waals surface area contributed by atoms with Crippen LogP contribution in [0, 0.1) is 13.8 Å². The molecule has 0 saturated heterocycles. The van der Waals surface area contributed by atoms with Crippen LogP contribution >= 0.6 is 11.8 Å². The van der Waals surface area contributed by atoms with Gasteiger partial charge in [0.25, 0.3) is 0 Å². The smallest absolute Gasteiger partial charge is 0.187 e. The summed E-state index contributed by atoms with van der Waals surface area (Å²) in [5, 5.41) is 0.859. The van der Waals surface area contributed by atoms with E-state index >= 15 is 0 Å². The first-order chi connectivity index (χ1) is 5.72. The van der Waals surface area contributed by atoms with Crippen molar-refractivity contribution in [3.63, 3.8) is 0 Å². The van der Waals surface area contributed by atoms with E-state index in [1.54, 1.807) is 11.8 Å². The highest BCUT2D eigenvalue weighted by Gasteiger charge is 1.94. The molecule has 1 aromatic rings. The molecule has 0 atom stereocenters. The molecule has 0 spiro atoms. The Kier molecular flexibility index (Phi) is 5.72. The molecule has 0 saturated carbocycles. The van der Waals surface area contributed by atoms with E-state index in [4.69, 9.17) is 0 Å². The van der Waals surface area contributed by atoms with Crippen molar-refractivity contribution in [2.75, 3.05) is 6.26 Å². The van der Waals surface area contributed by atoms with Crippen molar-refractivity contribution < 1.29 is 0 Å². The van der Waals surface area contributed by atoms with Gasteiger partial charge < -0.3 is 0 Å². The van der Waals surface area contributed by atoms with Gasteiger partial charge >= 0.3 is 0 Å². The van der Waals surface area contributed by atoms with Crippen LogP contribution in [0.5, 0.6) is 0 Å². The van der Waals surface area contributed by atoms with Crippen molar-refractivity contribution in [2.24, 2.45) is 0 Å². The van der Waals surface area contributed by atoms with Crippen LogP contribution in [0.1, 0.15) is 25.2 Å². The van der Waals surface area contributed by atoms with Crippen molar-refractivity contribution >= 4 is 11.8 Å². The third-order valence-electron chi connectivity index (χ3n) is 1.14. The number of rotatable bonds is 1. The van der Waals surface area contributed by atoms with Crippen LogP contribution in [-0.2, 0) is 0 Å². The standard InChI is InChI=1S/C7H10N2S.C2H6/c1-5-4-6(2)9-7(8-5)10-3;1-2/h4H,1-3H3;1-2H3. The first-order valence-corrected chi connectivity index (χ1v) is 5.31. The number of nitrogens with zero attached hydrogens (tertiary/aromatic N) is 2. The Bertz CT molecular complexity index is 216. The zero-order chi connectivity index (χ0) is 9.56. The molecule has 0 aromatic carbocycles. The lowest BCUT2D eigenvalue weighted by Crippen LogP contribution is -1.91. The molecule has 1 aromatic heterocycles. The van der Waals surface area contributed by atoms with Crippen LogP contribution in [0.15, 0.2) is 11.2 Å². The average molecular weight is 184 g/mol. The Morgan fingerprint density at radius 1 is 1.08 bits per heavy atom. The highest BCUT2D eigenvalue weighted by molar-refractivity contribution is 7.98. The minimum absolute atomic E-state index is 0.859. The van der Waals surface area contributed by atoms with E-state index in [1.807, 2.05) is 40.0 Å². The Morgan fingerprint density at radius 2 is 1.50 bits per heavy atom. The summed E-state index contributed by atoms with van der Waals surface area (Å²) in [6.07, 6.45) is 1.98. The van der Waals surface area contributed by atoms with Crippen LogP contribution in [-0.4, -0.2) is 16.2 Å². The second kappa shape index (κ2) is 6.00. The van der Waals surface area contributed by atoms with Gasteiger partial charge in [-0.1, -0.05) is 25.6 Å². The van der Waals surface area contributed by atoms with Gasteiger partial charge in [0.1, 0.15) is 0 Å². The highest BCUT2D eigenvalue weighted by Crippen LogP contribution is 2.08. The molecule has 0 aliphatic rings. The molecule has 12 heavy (non-hydrogen) atoms. The topological polar surface area (TPSA) is 25.8 Å². The van der Waals surface area contributed by atoms with Crippen molar-refractivity contribution in [1.29, 1.82) is 0 Å². The fourth-order valence-corrected chi connectivity index (χ4v) is 1.26. The van der Waals surface area contributed by atoms with E-state index in [0.717, 1.165) is 16.5 Å². The predicted molar refractivity (Wildman–Crippen MR) is 54.6 cm³/mol. The van der Waals surface area contributed by atoms with Crippen LogP contribution in [0.25, 0.3) is 0 Å². The second-order valence-corrected chi connectivity index (χ2v) is 2.91. The highest BCUT2D eigenvalue weighted by atomic mass is 32.2. The molecular formula is C9H16N2S. The number of hydrogen-bond donors (Lipinski definition) is 0. The van der Waals surface area contributed by atoms with Gasteiger partial charge in [-0.05, 0) is 26.2 Å². The first kappa shape index (κ1) is 11.4. The normalized spacial score (nSPS) is 8.75. The predicted octanol–water partition coefficient (Wildman–Crippen LogP) is 2.84. The van der Waals surface area contributed by atoms with Crippen molar-refractivity contribution in [2.45, 2.75) is 32.9 Å². The molecule has 68 valence electrons. The molecule has 3 heteroatoms. The summed E-state index contributed by atoms with van der Waals surface area (Å²) in [4.78, 5) is 8.41. The Balaban J connectivity index is 0.000000561. The van der Waals surface area contributed by atoms with E-state index in [9.17, 15) is 0 Å². The fraction of sp³-hybridized carbons (Fsp3) is 0.556. The van der Waals surface area contributed by atoms with Gasteiger partial charge in [-0.25, -0.2) is 9.97 Å². The quantitative estimate of drug-likeness (QED) is 0.496. The van der Waals surface area contributed by atoms with Crippen LogP contribution in [0.3, 0.4) is 0 Å². The van der Waals surface area contributed by atoms with Gasteiger partial charge in [0.15, 0.2) is 5.16 Å². The number of aryl methyl sites for hydroxylation is 2. The maximum Gasteiger partial charge on any atom is 0.187 e.